The molecule has 0 aliphatic heterocycles. The van der Waals surface area contributed by atoms with E-state index in [0.717, 1.165) is 16.3 Å². The number of amides is 1. The topological polar surface area (TPSA) is 68.0 Å². The number of hydrogen-bond donors (Lipinski definition) is 2. The van der Waals surface area contributed by atoms with E-state index in [-0.39, 0.29) is 6.04 Å². The van der Waals surface area contributed by atoms with Crippen LogP contribution in [0.3, 0.4) is 0 Å². The molecule has 0 radical (unpaired) electrons. The summed E-state index contributed by atoms with van der Waals surface area (Å²) in [4.78, 5) is 16.6. The molecule has 2 aromatic rings. The van der Waals surface area contributed by atoms with Crippen molar-refractivity contribution >= 4 is 34.5 Å². The summed E-state index contributed by atoms with van der Waals surface area (Å²) < 4.78 is 0. The van der Waals surface area contributed by atoms with Crippen molar-refractivity contribution in [1.82, 2.24) is 4.98 Å². The van der Waals surface area contributed by atoms with Crippen molar-refractivity contribution < 1.29 is 4.79 Å². The van der Waals surface area contributed by atoms with Crippen LogP contribution in [0.4, 0.5) is 5.69 Å². The first-order chi connectivity index (χ1) is 8.99. The Morgan fingerprint density at radius 3 is 2.84 bits per heavy atom. The van der Waals surface area contributed by atoms with Crippen LogP contribution in [-0.2, 0) is 0 Å². The monoisotopic (exact) mass is 295 g/mol. The summed E-state index contributed by atoms with van der Waals surface area (Å²) in [5, 5.41) is 3.67. The Kier molecular flexibility index (Phi) is 4.07. The lowest BCUT2D eigenvalue weighted by molar-refractivity contribution is 0.100. The van der Waals surface area contributed by atoms with E-state index < -0.39 is 5.91 Å². The van der Waals surface area contributed by atoms with Crippen molar-refractivity contribution in [2.75, 3.05) is 5.32 Å². The van der Waals surface area contributed by atoms with Gasteiger partial charge in [-0.15, -0.1) is 11.3 Å². The molecule has 0 fully saturated rings. The zero-order valence-electron chi connectivity index (χ0n) is 10.6. The van der Waals surface area contributed by atoms with Crippen LogP contribution in [0.2, 0.25) is 5.02 Å². The van der Waals surface area contributed by atoms with Crippen LogP contribution in [-0.4, -0.2) is 10.9 Å². The summed E-state index contributed by atoms with van der Waals surface area (Å²) in [5.41, 5.74) is 9.22. The molecule has 2 rings (SSSR count). The van der Waals surface area contributed by atoms with Gasteiger partial charge in [-0.3, -0.25) is 4.79 Å². The van der Waals surface area contributed by atoms with E-state index >= 15 is 0 Å². The summed E-state index contributed by atoms with van der Waals surface area (Å²) in [7, 11) is 0. The van der Waals surface area contributed by atoms with E-state index in [4.69, 9.17) is 17.3 Å². The first-order valence-electron chi connectivity index (χ1n) is 5.75. The molecule has 0 bridgehead atoms. The number of nitrogens with two attached hydrogens (primary N) is 1. The van der Waals surface area contributed by atoms with Crippen LogP contribution in [0.1, 0.15) is 33.9 Å². The van der Waals surface area contributed by atoms with Gasteiger partial charge in [0.05, 0.1) is 27.8 Å². The molecule has 0 spiro atoms. The van der Waals surface area contributed by atoms with Crippen LogP contribution in [0, 0.1) is 6.92 Å². The molecule has 100 valence electrons. The first kappa shape index (κ1) is 13.8. The van der Waals surface area contributed by atoms with Crippen molar-refractivity contribution in [2.45, 2.75) is 19.9 Å². The predicted molar refractivity (Wildman–Crippen MR) is 78.9 cm³/mol. The lowest BCUT2D eigenvalue weighted by atomic mass is 10.1. The number of carbonyl (C=O) groups is 1. The summed E-state index contributed by atoms with van der Waals surface area (Å²) in [5.74, 6) is -0.532. The molecule has 19 heavy (non-hydrogen) atoms. The fraction of sp³-hybridized carbons (Fsp3) is 0.231. The third kappa shape index (κ3) is 3.05. The van der Waals surface area contributed by atoms with Gasteiger partial charge >= 0.3 is 0 Å². The van der Waals surface area contributed by atoms with Crippen molar-refractivity contribution in [1.29, 1.82) is 0 Å². The van der Waals surface area contributed by atoms with Crippen LogP contribution in [0.5, 0.6) is 0 Å². The van der Waals surface area contributed by atoms with Gasteiger partial charge in [-0.2, -0.15) is 0 Å². The van der Waals surface area contributed by atoms with Gasteiger partial charge in [0.2, 0.25) is 5.91 Å². The molecule has 1 unspecified atom stereocenters. The normalized spacial score (nSPS) is 12.2. The van der Waals surface area contributed by atoms with E-state index in [1.807, 2.05) is 25.4 Å². The van der Waals surface area contributed by atoms with Gasteiger partial charge in [0.1, 0.15) is 0 Å². The van der Waals surface area contributed by atoms with E-state index in [1.54, 1.807) is 23.5 Å². The molecule has 0 saturated carbocycles. The standard InChI is InChI=1S/C13H14ClN3OS/c1-7-12(19-6-16-7)8(2)17-9-3-4-11(14)10(5-9)13(15)18/h3-6,8,17H,1-2H3,(H2,15,18). The maximum Gasteiger partial charge on any atom is 0.250 e. The second-order valence-corrected chi connectivity index (χ2v) is 5.52. The lowest BCUT2D eigenvalue weighted by Gasteiger charge is -2.15. The number of thiazole rings is 1. The second-order valence-electron chi connectivity index (χ2n) is 4.23. The Labute approximate surface area is 120 Å². The molecule has 3 N–H and O–H groups in total. The van der Waals surface area contributed by atoms with Gasteiger partial charge in [-0.1, -0.05) is 11.6 Å². The van der Waals surface area contributed by atoms with Gasteiger partial charge < -0.3 is 11.1 Å². The third-order valence-electron chi connectivity index (χ3n) is 2.79. The Hall–Kier alpha value is -1.59. The molecule has 1 amide bonds. The number of anilines is 1. The number of aromatic nitrogens is 1. The minimum atomic E-state index is -0.532. The zero-order chi connectivity index (χ0) is 14.0. The van der Waals surface area contributed by atoms with E-state index in [0.29, 0.717) is 10.6 Å². The van der Waals surface area contributed by atoms with Gasteiger partial charge in [0.15, 0.2) is 0 Å². The minimum Gasteiger partial charge on any atom is -0.378 e. The molecule has 1 atom stereocenters. The van der Waals surface area contributed by atoms with Crippen molar-refractivity contribution in [2.24, 2.45) is 5.73 Å². The van der Waals surface area contributed by atoms with Gasteiger partial charge in [-0.05, 0) is 32.0 Å². The molecule has 4 nitrogen and oxygen atoms in total. The molecule has 0 aliphatic carbocycles. The molecule has 0 saturated heterocycles. The van der Waals surface area contributed by atoms with Crippen LogP contribution < -0.4 is 11.1 Å². The summed E-state index contributed by atoms with van der Waals surface area (Å²) >= 11 is 7.52. The second kappa shape index (κ2) is 5.59. The summed E-state index contributed by atoms with van der Waals surface area (Å²) in [6.45, 7) is 4.01. The molecular weight excluding hydrogens is 282 g/mol. The van der Waals surface area contributed by atoms with Crippen molar-refractivity contribution in [3.8, 4) is 0 Å². The smallest absolute Gasteiger partial charge is 0.250 e. The number of primary amides is 1. The van der Waals surface area contributed by atoms with Crippen LogP contribution in [0.25, 0.3) is 0 Å². The summed E-state index contributed by atoms with van der Waals surface area (Å²) in [6.07, 6.45) is 0. The number of rotatable bonds is 4. The SMILES string of the molecule is Cc1ncsc1C(C)Nc1ccc(Cl)c(C(N)=O)c1. The lowest BCUT2D eigenvalue weighted by Crippen LogP contribution is -2.13. The van der Waals surface area contributed by atoms with E-state index in [2.05, 4.69) is 10.3 Å². The fourth-order valence-electron chi connectivity index (χ4n) is 1.85. The zero-order valence-corrected chi connectivity index (χ0v) is 12.2. The number of aryl methyl sites for hydroxylation is 1. The van der Waals surface area contributed by atoms with Gasteiger partial charge in [0, 0.05) is 10.6 Å². The maximum atomic E-state index is 11.2. The van der Waals surface area contributed by atoms with Crippen molar-refractivity contribution in [3.63, 3.8) is 0 Å². The van der Waals surface area contributed by atoms with E-state index in [9.17, 15) is 4.79 Å². The van der Waals surface area contributed by atoms with Crippen molar-refractivity contribution in [3.05, 3.63) is 44.9 Å². The number of nitrogens with zero attached hydrogens (tertiary/aromatic N) is 1. The summed E-state index contributed by atoms with van der Waals surface area (Å²) in [6, 6.07) is 5.25. The van der Waals surface area contributed by atoms with Crippen LogP contribution in [0.15, 0.2) is 23.7 Å². The molecular formula is C13H14ClN3OS. The fourth-order valence-corrected chi connectivity index (χ4v) is 2.87. The number of nitrogens with one attached hydrogen (secondary N) is 1. The molecule has 6 heteroatoms. The molecule has 1 aromatic heterocycles. The largest absolute Gasteiger partial charge is 0.378 e. The Bertz CT molecular complexity index is 612. The van der Waals surface area contributed by atoms with E-state index in [1.165, 1.54) is 0 Å². The third-order valence-corrected chi connectivity index (χ3v) is 4.23. The number of hydrogen-bond acceptors (Lipinski definition) is 4. The average molecular weight is 296 g/mol. The minimum absolute atomic E-state index is 0.106. The highest BCUT2D eigenvalue weighted by molar-refractivity contribution is 7.09. The Morgan fingerprint density at radius 1 is 1.53 bits per heavy atom. The number of carbonyl (C=O) groups excluding carboxylic acids is 1. The highest BCUT2D eigenvalue weighted by atomic mass is 35.5. The van der Waals surface area contributed by atoms with Crippen LogP contribution >= 0.6 is 22.9 Å². The number of halogens is 1. The van der Waals surface area contributed by atoms with Gasteiger partial charge in [0.25, 0.3) is 0 Å². The first-order valence-corrected chi connectivity index (χ1v) is 7.00. The Morgan fingerprint density at radius 2 is 2.26 bits per heavy atom. The predicted octanol–water partition coefficient (Wildman–Crippen LogP) is 3.38. The quantitative estimate of drug-likeness (QED) is 0.908. The maximum absolute atomic E-state index is 11.2. The molecule has 1 heterocycles. The van der Waals surface area contributed by atoms with Gasteiger partial charge in [-0.25, -0.2) is 4.98 Å². The average Bonchev–Trinajstić information content (AvgIpc) is 2.77. The Balaban J connectivity index is 2.22. The number of benzene rings is 1. The highest BCUT2D eigenvalue weighted by Crippen LogP contribution is 2.27. The highest BCUT2D eigenvalue weighted by Gasteiger charge is 2.13. The molecule has 1 aromatic carbocycles. The molecule has 0 aliphatic rings.